The van der Waals surface area contributed by atoms with E-state index in [-0.39, 0.29) is 18.7 Å². The van der Waals surface area contributed by atoms with Gasteiger partial charge in [0.15, 0.2) is 0 Å². The Morgan fingerprint density at radius 2 is 2.11 bits per heavy atom. The maximum atomic E-state index is 11.8. The van der Waals surface area contributed by atoms with Crippen LogP contribution in [0.3, 0.4) is 0 Å². The van der Waals surface area contributed by atoms with Gasteiger partial charge in [-0.05, 0) is 38.1 Å². The van der Waals surface area contributed by atoms with Gasteiger partial charge in [-0.1, -0.05) is 12.1 Å². The van der Waals surface area contributed by atoms with E-state index in [1.807, 2.05) is 19.9 Å². The molecule has 19 heavy (non-hydrogen) atoms. The fourth-order valence-electron chi connectivity index (χ4n) is 1.70. The minimum absolute atomic E-state index is 0.144. The fourth-order valence-corrected chi connectivity index (χ4v) is 1.70. The summed E-state index contributed by atoms with van der Waals surface area (Å²) in [5.74, 6) is 0.749. The van der Waals surface area contributed by atoms with Crippen LogP contribution < -0.4 is 0 Å². The molecule has 4 nitrogen and oxygen atoms in total. The van der Waals surface area contributed by atoms with Crippen LogP contribution in [-0.2, 0) is 11.3 Å². The van der Waals surface area contributed by atoms with Crippen LogP contribution in [-0.4, -0.2) is 17.2 Å². The van der Waals surface area contributed by atoms with Crippen LogP contribution in [0.15, 0.2) is 40.8 Å². The summed E-state index contributed by atoms with van der Waals surface area (Å²) < 4.78 is 10.6. The van der Waals surface area contributed by atoms with Gasteiger partial charge < -0.3 is 14.3 Å². The van der Waals surface area contributed by atoms with Crippen molar-refractivity contribution in [3.05, 3.63) is 47.7 Å². The second-order valence-electron chi connectivity index (χ2n) is 4.46. The quantitative estimate of drug-likeness (QED) is 0.858. The van der Waals surface area contributed by atoms with Gasteiger partial charge in [0.1, 0.15) is 18.1 Å². The standard InChI is InChI=1S/C15H16O4/c1-10(2)18-15(17)12-5-3-4-11(8-12)14-7-6-13(9-16)19-14/h3-8,10,16H,9H2,1-2H3. The molecule has 0 unspecified atom stereocenters. The van der Waals surface area contributed by atoms with Gasteiger partial charge in [-0.2, -0.15) is 0 Å². The zero-order valence-corrected chi connectivity index (χ0v) is 10.9. The first kappa shape index (κ1) is 13.4. The van der Waals surface area contributed by atoms with Gasteiger partial charge in [-0.25, -0.2) is 4.79 Å². The summed E-state index contributed by atoms with van der Waals surface area (Å²) in [5.41, 5.74) is 1.26. The Bertz CT molecular complexity index is 569. The highest BCUT2D eigenvalue weighted by Gasteiger charge is 2.11. The number of ether oxygens (including phenoxy) is 1. The molecule has 0 aliphatic carbocycles. The predicted octanol–water partition coefficient (Wildman–Crippen LogP) is 3.00. The number of furan rings is 1. The lowest BCUT2D eigenvalue weighted by Gasteiger charge is -2.08. The summed E-state index contributed by atoms with van der Waals surface area (Å²) in [6.07, 6.45) is -0.152. The van der Waals surface area contributed by atoms with Crippen LogP contribution in [0.1, 0.15) is 30.0 Å². The maximum Gasteiger partial charge on any atom is 0.338 e. The number of rotatable bonds is 4. The van der Waals surface area contributed by atoms with E-state index in [2.05, 4.69) is 0 Å². The average molecular weight is 260 g/mol. The fraction of sp³-hybridized carbons (Fsp3) is 0.267. The number of hydrogen-bond acceptors (Lipinski definition) is 4. The van der Waals surface area contributed by atoms with Crippen molar-refractivity contribution < 1.29 is 19.1 Å². The Balaban J connectivity index is 2.26. The SMILES string of the molecule is CC(C)OC(=O)c1cccc(-c2ccc(CO)o2)c1. The van der Waals surface area contributed by atoms with Gasteiger partial charge in [-0.15, -0.1) is 0 Å². The summed E-state index contributed by atoms with van der Waals surface area (Å²) in [5, 5.41) is 8.97. The molecule has 0 fully saturated rings. The molecule has 0 radical (unpaired) electrons. The molecule has 1 aromatic carbocycles. The van der Waals surface area contributed by atoms with Gasteiger partial charge >= 0.3 is 5.97 Å². The van der Waals surface area contributed by atoms with Crippen LogP contribution in [0.5, 0.6) is 0 Å². The third-order valence-corrected chi connectivity index (χ3v) is 2.54. The molecule has 0 atom stereocenters. The highest BCUT2D eigenvalue weighted by atomic mass is 16.5. The minimum atomic E-state index is -0.356. The van der Waals surface area contributed by atoms with Crippen LogP contribution >= 0.6 is 0 Å². The molecule has 4 heteroatoms. The van der Waals surface area contributed by atoms with Crippen molar-refractivity contribution in [2.75, 3.05) is 0 Å². The Morgan fingerprint density at radius 1 is 1.32 bits per heavy atom. The first-order valence-electron chi connectivity index (χ1n) is 6.11. The molecule has 2 aromatic rings. The van der Waals surface area contributed by atoms with E-state index in [1.54, 1.807) is 30.3 Å². The normalized spacial score (nSPS) is 10.7. The topological polar surface area (TPSA) is 59.7 Å². The number of benzene rings is 1. The van der Waals surface area contributed by atoms with E-state index >= 15 is 0 Å². The van der Waals surface area contributed by atoms with E-state index < -0.39 is 0 Å². The van der Waals surface area contributed by atoms with Crippen molar-refractivity contribution in [1.29, 1.82) is 0 Å². The molecule has 0 saturated heterocycles. The zero-order valence-electron chi connectivity index (χ0n) is 10.9. The van der Waals surface area contributed by atoms with Gasteiger partial charge in [0.2, 0.25) is 0 Å². The second-order valence-corrected chi connectivity index (χ2v) is 4.46. The van der Waals surface area contributed by atoms with Crippen molar-refractivity contribution in [2.24, 2.45) is 0 Å². The van der Waals surface area contributed by atoms with Crippen molar-refractivity contribution >= 4 is 5.97 Å². The van der Waals surface area contributed by atoms with Gasteiger partial charge in [0.25, 0.3) is 0 Å². The van der Waals surface area contributed by atoms with Crippen molar-refractivity contribution in [3.63, 3.8) is 0 Å². The molecule has 0 saturated carbocycles. The smallest absolute Gasteiger partial charge is 0.338 e. The molecule has 1 heterocycles. The van der Waals surface area contributed by atoms with Gasteiger partial charge in [-0.3, -0.25) is 0 Å². The molecule has 0 spiro atoms. The Kier molecular flexibility index (Phi) is 4.02. The molecule has 100 valence electrons. The number of hydrogen-bond donors (Lipinski definition) is 1. The van der Waals surface area contributed by atoms with E-state index in [0.717, 1.165) is 5.56 Å². The van der Waals surface area contributed by atoms with Crippen molar-refractivity contribution in [3.8, 4) is 11.3 Å². The summed E-state index contributed by atoms with van der Waals surface area (Å²) in [4.78, 5) is 11.8. The lowest BCUT2D eigenvalue weighted by Crippen LogP contribution is -2.11. The van der Waals surface area contributed by atoms with Crippen LogP contribution in [0.4, 0.5) is 0 Å². The monoisotopic (exact) mass is 260 g/mol. The number of carbonyl (C=O) groups excluding carboxylic acids is 1. The summed E-state index contributed by atoms with van der Waals surface area (Å²) in [6.45, 7) is 3.47. The molecule has 0 aliphatic heterocycles. The Morgan fingerprint density at radius 3 is 2.74 bits per heavy atom. The van der Waals surface area contributed by atoms with Crippen LogP contribution in [0.2, 0.25) is 0 Å². The minimum Gasteiger partial charge on any atom is -0.459 e. The first-order valence-corrected chi connectivity index (χ1v) is 6.11. The summed E-state index contributed by atoms with van der Waals surface area (Å²) >= 11 is 0. The summed E-state index contributed by atoms with van der Waals surface area (Å²) in [6, 6.07) is 10.5. The third kappa shape index (κ3) is 3.23. The highest BCUT2D eigenvalue weighted by Crippen LogP contribution is 2.23. The zero-order chi connectivity index (χ0) is 13.8. The molecule has 0 amide bonds. The molecule has 1 N–H and O–H groups in total. The molecular formula is C15H16O4. The van der Waals surface area contributed by atoms with E-state index in [4.69, 9.17) is 14.3 Å². The lowest BCUT2D eigenvalue weighted by molar-refractivity contribution is 0.0378. The molecular weight excluding hydrogens is 244 g/mol. The van der Waals surface area contributed by atoms with E-state index in [0.29, 0.717) is 17.1 Å². The Hall–Kier alpha value is -2.07. The predicted molar refractivity (Wildman–Crippen MR) is 70.6 cm³/mol. The largest absolute Gasteiger partial charge is 0.459 e. The third-order valence-electron chi connectivity index (χ3n) is 2.54. The number of carbonyl (C=O) groups is 1. The number of esters is 1. The lowest BCUT2D eigenvalue weighted by atomic mass is 10.1. The first-order chi connectivity index (χ1) is 9.10. The molecule has 0 aliphatic rings. The van der Waals surface area contributed by atoms with Gasteiger partial charge in [0, 0.05) is 5.56 Å². The van der Waals surface area contributed by atoms with Crippen molar-refractivity contribution in [1.82, 2.24) is 0 Å². The molecule has 1 aromatic heterocycles. The highest BCUT2D eigenvalue weighted by molar-refractivity contribution is 5.90. The van der Waals surface area contributed by atoms with E-state index in [1.165, 1.54) is 0 Å². The van der Waals surface area contributed by atoms with Gasteiger partial charge in [0.05, 0.1) is 11.7 Å². The average Bonchev–Trinajstić information content (AvgIpc) is 2.87. The maximum absolute atomic E-state index is 11.8. The number of aliphatic hydroxyl groups excluding tert-OH is 1. The van der Waals surface area contributed by atoms with E-state index in [9.17, 15) is 4.79 Å². The van der Waals surface area contributed by atoms with Crippen molar-refractivity contribution in [2.45, 2.75) is 26.6 Å². The molecule has 2 rings (SSSR count). The second kappa shape index (κ2) is 5.71. The van der Waals surface area contributed by atoms with Crippen LogP contribution in [0, 0.1) is 0 Å². The Labute approximate surface area is 111 Å². The summed E-state index contributed by atoms with van der Waals surface area (Å²) in [7, 11) is 0. The molecule has 0 bridgehead atoms. The van der Waals surface area contributed by atoms with Crippen LogP contribution in [0.25, 0.3) is 11.3 Å². The number of aliphatic hydroxyl groups is 1.